The zero-order valence-electron chi connectivity index (χ0n) is 44.4. The minimum Gasteiger partial charge on any atom is -0.344 e. The zero-order chi connectivity index (χ0) is 53.8. The molecular formula is C75H49N7. The number of rotatable bonds is 8. The summed E-state index contributed by atoms with van der Waals surface area (Å²) in [4.78, 5) is 10.6. The molecule has 0 radical (unpaired) electrons. The molecule has 1 unspecified atom stereocenters. The number of hydrogen-bond donors (Lipinski definition) is 1. The zero-order valence-corrected chi connectivity index (χ0v) is 44.4. The molecular weight excluding hydrogens is 999 g/mol. The van der Waals surface area contributed by atoms with Crippen LogP contribution in [0.15, 0.2) is 295 Å². The van der Waals surface area contributed by atoms with Gasteiger partial charge in [0.2, 0.25) is 0 Å². The predicted molar refractivity (Wildman–Crippen MR) is 341 cm³/mol. The normalized spacial score (nSPS) is 13.7. The Hall–Kier alpha value is -11.0. The van der Waals surface area contributed by atoms with Crippen molar-refractivity contribution in [2.24, 2.45) is 9.98 Å². The number of hydrogen-bond acceptors (Lipinski definition) is 3. The Kier molecular flexibility index (Phi) is 10.2. The maximum absolute atomic E-state index is 5.33. The van der Waals surface area contributed by atoms with Crippen LogP contribution in [0.2, 0.25) is 0 Å². The van der Waals surface area contributed by atoms with Crippen molar-refractivity contribution in [2.45, 2.75) is 6.17 Å². The summed E-state index contributed by atoms with van der Waals surface area (Å²) in [6, 6.07) is 103. The summed E-state index contributed by atoms with van der Waals surface area (Å²) in [5.74, 6) is 1.46. The Morgan fingerprint density at radius 2 is 0.646 bits per heavy atom. The van der Waals surface area contributed by atoms with Gasteiger partial charge in [0.1, 0.15) is 12.0 Å². The second-order valence-corrected chi connectivity index (χ2v) is 21.3. The standard InChI is InChI=1S/C75H49N7/c1-6-21-48(22-7-1)73-76-74(49-23-8-2-9-24-49)78-75(77-73)52-25-20-32-56(45-52)82-68-44-38-51(47-64(68)62-42-40-60-58-34-17-19-36-66(58)80(70(60)72(62)82)54-28-12-4-13-29-54)50-37-43-67-63(46-50)61-41-39-59-57-33-16-18-35-65(57)79(53-26-10-3-11-27-53)69(59)71(61)81(67)55-30-14-5-15-31-55/h1-47,73H,(H,76,77,78). The average Bonchev–Trinajstić information content (AvgIpc) is 2.24. The molecule has 7 nitrogen and oxygen atoms in total. The number of aliphatic imine (C=N–C) groups is 2. The molecule has 82 heavy (non-hydrogen) atoms. The maximum Gasteiger partial charge on any atom is 0.159 e. The van der Waals surface area contributed by atoms with Gasteiger partial charge in [-0.3, -0.25) is 0 Å². The summed E-state index contributed by atoms with van der Waals surface area (Å²) in [6.07, 6.45) is -0.323. The van der Waals surface area contributed by atoms with Gasteiger partial charge in [-0.1, -0.05) is 200 Å². The van der Waals surface area contributed by atoms with Crippen molar-refractivity contribution in [3.8, 4) is 33.9 Å². The van der Waals surface area contributed by atoms with Gasteiger partial charge in [-0.2, -0.15) is 0 Å². The number of fused-ring (bicyclic) bond motifs is 14. The minimum absolute atomic E-state index is 0.323. The van der Waals surface area contributed by atoms with E-state index in [4.69, 9.17) is 9.98 Å². The van der Waals surface area contributed by atoms with Crippen molar-refractivity contribution in [2.75, 3.05) is 0 Å². The van der Waals surface area contributed by atoms with Crippen LogP contribution in [-0.2, 0) is 0 Å². The first kappa shape index (κ1) is 45.9. The van der Waals surface area contributed by atoms with Gasteiger partial charge in [-0.25, -0.2) is 9.98 Å². The summed E-state index contributed by atoms with van der Waals surface area (Å²) in [6.45, 7) is 0. The molecule has 5 heterocycles. The molecule has 0 bridgehead atoms. The first-order chi connectivity index (χ1) is 40.7. The first-order valence-corrected chi connectivity index (χ1v) is 28.0. The third kappa shape index (κ3) is 7.03. The van der Waals surface area contributed by atoms with Crippen LogP contribution in [0.3, 0.4) is 0 Å². The Morgan fingerprint density at radius 3 is 1.13 bits per heavy atom. The number of nitrogens with zero attached hydrogens (tertiary/aromatic N) is 6. The molecule has 1 aliphatic heterocycles. The minimum atomic E-state index is -0.323. The molecule has 16 aromatic rings. The van der Waals surface area contributed by atoms with Gasteiger partial charge in [-0.05, 0) is 102 Å². The van der Waals surface area contributed by atoms with Crippen LogP contribution in [0, 0.1) is 0 Å². The van der Waals surface area contributed by atoms with Gasteiger partial charge in [0, 0.05) is 77.0 Å². The summed E-state index contributed by atoms with van der Waals surface area (Å²) < 4.78 is 9.86. The van der Waals surface area contributed by atoms with Crippen LogP contribution in [0.4, 0.5) is 0 Å². The van der Waals surface area contributed by atoms with Crippen LogP contribution >= 0.6 is 0 Å². The van der Waals surface area contributed by atoms with E-state index in [0.717, 1.165) is 84.0 Å². The molecule has 0 saturated heterocycles. The van der Waals surface area contributed by atoms with Crippen LogP contribution < -0.4 is 5.32 Å². The molecule has 12 aromatic carbocycles. The molecule has 0 amide bonds. The highest BCUT2D eigenvalue weighted by atomic mass is 15.2. The van der Waals surface area contributed by atoms with E-state index >= 15 is 0 Å². The van der Waals surface area contributed by atoms with E-state index in [1.165, 1.54) is 59.6 Å². The molecule has 0 fully saturated rings. The molecule has 1 atom stereocenters. The number of amidine groups is 2. The first-order valence-electron chi connectivity index (χ1n) is 28.0. The number of nitrogens with one attached hydrogen (secondary N) is 1. The van der Waals surface area contributed by atoms with E-state index in [9.17, 15) is 0 Å². The lowest BCUT2D eigenvalue weighted by atomic mass is 10.00. The van der Waals surface area contributed by atoms with Crippen molar-refractivity contribution in [1.82, 2.24) is 23.6 Å². The van der Waals surface area contributed by atoms with Gasteiger partial charge in [0.15, 0.2) is 5.84 Å². The van der Waals surface area contributed by atoms with E-state index in [2.05, 4.69) is 297 Å². The van der Waals surface area contributed by atoms with Crippen LogP contribution in [0.1, 0.15) is 22.9 Å². The van der Waals surface area contributed by atoms with Crippen LogP contribution in [0.5, 0.6) is 0 Å². The van der Waals surface area contributed by atoms with Gasteiger partial charge >= 0.3 is 0 Å². The average molecular weight is 1050 g/mol. The molecule has 1 aliphatic rings. The van der Waals surface area contributed by atoms with E-state index in [1.54, 1.807) is 0 Å². The van der Waals surface area contributed by atoms with Crippen molar-refractivity contribution in [3.63, 3.8) is 0 Å². The Bertz CT molecular complexity index is 5280. The fourth-order valence-electron chi connectivity index (χ4n) is 13.2. The highest BCUT2D eigenvalue weighted by Crippen LogP contribution is 2.46. The fraction of sp³-hybridized carbons (Fsp3) is 0.0133. The summed E-state index contributed by atoms with van der Waals surface area (Å²) in [5, 5.41) is 13.2. The molecule has 17 rings (SSSR count). The summed E-state index contributed by atoms with van der Waals surface area (Å²) in [5.41, 5.74) is 18.9. The SMILES string of the molecule is c1ccc(C2=NC(c3cccc(-n4c5ccc(-c6ccc7c(c6)c6ccc8c9ccccc9n(-c9ccccc9)c8c6n7-c6ccccc6)cc5c5ccc6c7ccccc7n(-c7ccccc7)c6c54)c3)=NC(c3ccccc3)N2)cc1. The second kappa shape index (κ2) is 18.3. The van der Waals surface area contributed by atoms with Crippen molar-refractivity contribution >= 4 is 98.9 Å². The second-order valence-electron chi connectivity index (χ2n) is 21.3. The Morgan fingerprint density at radius 1 is 0.268 bits per heavy atom. The van der Waals surface area contributed by atoms with Gasteiger partial charge < -0.3 is 23.6 Å². The molecule has 0 aliphatic carbocycles. The lowest BCUT2D eigenvalue weighted by Crippen LogP contribution is -2.33. The maximum atomic E-state index is 5.33. The molecule has 1 N–H and O–H groups in total. The predicted octanol–water partition coefficient (Wildman–Crippen LogP) is 18.2. The van der Waals surface area contributed by atoms with Crippen molar-refractivity contribution in [1.29, 1.82) is 0 Å². The highest BCUT2D eigenvalue weighted by Gasteiger charge is 2.26. The van der Waals surface area contributed by atoms with Crippen molar-refractivity contribution in [3.05, 3.63) is 302 Å². The van der Waals surface area contributed by atoms with Crippen molar-refractivity contribution < 1.29 is 0 Å². The Balaban J connectivity index is 0.910. The number of benzene rings is 12. The quantitative estimate of drug-likeness (QED) is 0.162. The number of aromatic nitrogens is 4. The van der Waals surface area contributed by atoms with Crippen LogP contribution in [0.25, 0.3) is 121 Å². The van der Waals surface area contributed by atoms with E-state index in [1.807, 2.05) is 12.1 Å². The lowest BCUT2D eigenvalue weighted by Gasteiger charge is -2.24. The van der Waals surface area contributed by atoms with E-state index in [0.29, 0.717) is 5.84 Å². The largest absolute Gasteiger partial charge is 0.344 e. The van der Waals surface area contributed by atoms with E-state index < -0.39 is 0 Å². The van der Waals surface area contributed by atoms with Crippen LogP contribution in [-0.4, -0.2) is 29.9 Å². The lowest BCUT2D eigenvalue weighted by molar-refractivity contribution is 0.674. The van der Waals surface area contributed by atoms with E-state index in [-0.39, 0.29) is 6.17 Å². The molecule has 7 heteroatoms. The van der Waals surface area contributed by atoms with Gasteiger partial charge in [0.25, 0.3) is 0 Å². The fourth-order valence-corrected chi connectivity index (χ4v) is 13.2. The Labute approximate surface area is 471 Å². The third-order valence-corrected chi connectivity index (χ3v) is 16.8. The monoisotopic (exact) mass is 1050 g/mol. The van der Waals surface area contributed by atoms with Gasteiger partial charge in [0.05, 0.1) is 44.1 Å². The number of para-hydroxylation sites is 5. The summed E-state index contributed by atoms with van der Waals surface area (Å²) >= 11 is 0. The molecule has 0 spiro atoms. The molecule has 0 saturated carbocycles. The molecule has 384 valence electrons. The summed E-state index contributed by atoms with van der Waals surface area (Å²) in [7, 11) is 0. The highest BCUT2D eigenvalue weighted by molar-refractivity contribution is 6.26. The smallest absolute Gasteiger partial charge is 0.159 e. The topological polar surface area (TPSA) is 56.5 Å². The van der Waals surface area contributed by atoms with Gasteiger partial charge in [-0.15, -0.1) is 0 Å². The third-order valence-electron chi connectivity index (χ3n) is 16.8. The molecule has 4 aromatic heterocycles.